The molecule has 1 N–H and O–H groups in total. The van der Waals surface area contributed by atoms with E-state index in [0.29, 0.717) is 5.92 Å². The molecule has 0 aliphatic heterocycles. The maximum Gasteiger partial charge on any atom is 0.0940 e. The van der Waals surface area contributed by atoms with E-state index in [-0.39, 0.29) is 0 Å². The molecule has 0 spiro atoms. The summed E-state index contributed by atoms with van der Waals surface area (Å²) in [5.41, 5.74) is 1.70. The molecular weight excluding hydrogens is 240 g/mol. The Hall–Kier alpha value is -0.340. The standard InChI is InChI=1S/C12H15BrO/c1-3-9-7-12(9,14)10-6-4-5-8(2)11(10)13/h4-6,9,14H,3,7H2,1-2H3. The van der Waals surface area contributed by atoms with Crippen molar-refractivity contribution in [2.45, 2.75) is 32.3 Å². The molecule has 0 bridgehead atoms. The molecule has 2 atom stereocenters. The zero-order valence-electron chi connectivity index (χ0n) is 8.55. The highest BCUT2D eigenvalue weighted by atomic mass is 79.9. The third-order valence-electron chi connectivity index (χ3n) is 3.22. The van der Waals surface area contributed by atoms with Crippen molar-refractivity contribution in [3.63, 3.8) is 0 Å². The first kappa shape index (κ1) is 10.2. The molecular formula is C12H15BrO. The van der Waals surface area contributed by atoms with Gasteiger partial charge in [0.2, 0.25) is 0 Å². The van der Waals surface area contributed by atoms with Crippen LogP contribution in [0.4, 0.5) is 0 Å². The van der Waals surface area contributed by atoms with Gasteiger partial charge in [0.05, 0.1) is 5.60 Å². The van der Waals surface area contributed by atoms with Crippen LogP contribution in [0.1, 0.15) is 30.9 Å². The predicted octanol–water partition coefficient (Wildman–Crippen LogP) is 3.38. The topological polar surface area (TPSA) is 20.2 Å². The second kappa shape index (κ2) is 3.35. The molecule has 0 aromatic heterocycles. The first-order valence-electron chi connectivity index (χ1n) is 5.07. The first-order chi connectivity index (χ1) is 6.59. The van der Waals surface area contributed by atoms with E-state index in [1.165, 1.54) is 5.56 Å². The Kier molecular flexibility index (Phi) is 2.44. The highest BCUT2D eigenvalue weighted by Gasteiger charge is 2.53. The van der Waals surface area contributed by atoms with Gasteiger partial charge >= 0.3 is 0 Å². The number of rotatable bonds is 2. The molecule has 0 amide bonds. The van der Waals surface area contributed by atoms with Crippen LogP contribution in [0.25, 0.3) is 0 Å². The second-order valence-corrected chi connectivity index (χ2v) is 4.96. The highest BCUT2D eigenvalue weighted by Crippen LogP contribution is 2.55. The minimum Gasteiger partial charge on any atom is -0.385 e. The van der Waals surface area contributed by atoms with Gasteiger partial charge in [0.15, 0.2) is 0 Å². The quantitative estimate of drug-likeness (QED) is 0.858. The van der Waals surface area contributed by atoms with Crippen LogP contribution in [0.2, 0.25) is 0 Å². The fourth-order valence-corrected chi connectivity index (χ4v) is 2.72. The summed E-state index contributed by atoms with van der Waals surface area (Å²) in [6.07, 6.45) is 1.96. The molecule has 0 heterocycles. The van der Waals surface area contributed by atoms with E-state index < -0.39 is 5.60 Å². The summed E-state index contributed by atoms with van der Waals surface area (Å²) in [5, 5.41) is 10.3. The number of aryl methyl sites for hydroxylation is 1. The Morgan fingerprint density at radius 3 is 2.86 bits per heavy atom. The molecule has 1 aliphatic carbocycles. The lowest BCUT2D eigenvalue weighted by Gasteiger charge is -2.14. The third-order valence-corrected chi connectivity index (χ3v) is 4.28. The molecule has 2 unspecified atom stereocenters. The van der Waals surface area contributed by atoms with Gasteiger partial charge in [-0.2, -0.15) is 0 Å². The molecule has 1 aromatic carbocycles. The normalized spacial score (nSPS) is 30.4. The maximum absolute atomic E-state index is 10.3. The lowest BCUT2D eigenvalue weighted by molar-refractivity contribution is 0.129. The van der Waals surface area contributed by atoms with Crippen molar-refractivity contribution in [1.82, 2.24) is 0 Å². The monoisotopic (exact) mass is 254 g/mol. The molecule has 1 aromatic rings. The average Bonchev–Trinajstić information content (AvgIpc) is 2.83. The molecule has 1 aliphatic rings. The van der Waals surface area contributed by atoms with Gasteiger partial charge in [-0.25, -0.2) is 0 Å². The lowest BCUT2D eigenvalue weighted by Crippen LogP contribution is -2.09. The Labute approximate surface area is 93.3 Å². The van der Waals surface area contributed by atoms with E-state index in [1.54, 1.807) is 0 Å². The Balaban J connectivity index is 2.39. The third kappa shape index (κ3) is 1.41. The van der Waals surface area contributed by atoms with Crippen molar-refractivity contribution in [3.05, 3.63) is 33.8 Å². The van der Waals surface area contributed by atoms with Crippen LogP contribution in [0, 0.1) is 12.8 Å². The van der Waals surface area contributed by atoms with Crippen LogP contribution in [-0.4, -0.2) is 5.11 Å². The summed E-state index contributed by atoms with van der Waals surface area (Å²) in [4.78, 5) is 0. The van der Waals surface area contributed by atoms with Crippen molar-refractivity contribution in [1.29, 1.82) is 0 Å². The van der Waals surface area contributed by atoms with Crippen LogP contribution >= 0.6 is 15.9 Å². The number of hydrogen-bond donors (Lipinski definition) is 1. The summed E-state index contributed by atoms with van der Waals surface area (Å²) in [6.45, 7) is 4.19. The van der Waals surface area contributed by atoms with E-state index >= 15 is 0 Å². The van der Waals surface area contributed by atoms with Crippen LogP contribution in [0.3, 0.4) is 0 Å². The Morgan fingerprint density at radius 1 is 1.57 bits per heavy atom. The van der Waals surface area contributed by atoms with Gasteiger partial charge in [0.25, 0.3) is 0 Å². The minimum atomic E-state index is -0.556. The SMILES string of the molecule is CCC1CC1(O)c1cccc(C)c1Br. The average molecular weight is 255 g/mol. The lowest BCUT2D eigenvalue weighted by atomic mass is 10.0. The Bertz CT molecular complexity index is 361. The number of benzene rings is 1. The second-order valence-electron chi connectivity index (χ2n) is 4.17. The van der Waals surface area contributed by atoms with Gasteiger partial charge in [-0.1, -0.05) is 47.5 Å². The molecule has 0 saturated heterocycles. The van der Waals surface area contributed by atoms with Gasteiger partial charge in [-0.15, -0.1) is 0 Å². The van der Waals surface area contributed by atoms with Crippen LogP contribution in [0.5, 0.6) is 0 Å². The molecule has 1 nitrogen and oxygen atoms in total. The van der Waals surface area contributed by atoms with E-state index in [4.69, 9.17) is 0 Å². The van der Waals surface area contributed by atoms with E-state index in [2.05, 4.69) is 35.8 Å². The molecule has 2 heteroatoms. The van der Waals surface area contributed by atoms with Crippen molar-refractivity contribution >= 4 is 15.9 Å². The summed E-state index contributed by atoms with van der Waals surface area (Å²) >= 11 is 3.55. The van der Waals surface area contributed by atoms with Crippen molar-refractivity contribution in [2.24, 2.45) is 5.92 Å². The minimum absolute atomic E-state index is 0.445. The molecule has 76 valence electrons. The molecule has 2 rings (SSSR count). The number of halogens is 1. The maximum atomic E-state index is 10.3. The van der Waals surface area contributed by atoms with Crippen LogP contribution in [-0.2, 0) is 5.60 Å². The van der Waals surface area contributed by atoms with E-state index in [0.717, 1.165) is 22.9 Å². The van der Waals surface area contributed by atoms with E-state index in [1.807, 2.05) is 12.1 Å². The smallest absolute Gasteiger partial charge is 0.0940 e. The van der Waals surface area contributed by atoms with Crippen LogP contribution < -0.4 is 0 Å². The summed E-state index contributed by atoms with van der Waals surface area (Å²) in [5.74, 6) is 0.445. The fourth-order valence-electron chi connectivity index (χ4n) is 2.11. The Morgan fingerprint density at radius 2 is 2.29 bits per heavy atom. The van der Waals surface area contributed by atoms with Gasteiger partial charge in [0.1, 0.15) is 0 Å². The fraction of sp³-hybridized carbons (Fsp3) is 0.500. The van der Waals surface area contributed by atoms with Gasteiger partial charge < -0.3 is 5.11 Å². The van der Waals surface area contributed by atoms with Crippen molar-refractivity contribution in [3.8, 4) is 0 Å². The summed E-state index contributed by atoms with van der Waals surface area (Å²) in [7, 11) is 0. The first-order valence-corrected chi connectivity index (χ1v) is 5.87. The largest absolute Gasteiger partial charge is 0.385 e. The van der Waals surface area contributed by atoms with Crippen LogP contribution in [0.15, 0.2) is 22.7 Å². The predicted molar refractivity (Wildman–Crippen MR) is 61.2 cm³/mol. The zero-order chi connectivity index (χ0) is 10.3. The van der Waals surface area contributed by atoms with Crippen molar-refractivity contribution < 1.29 is 5.11 Å². The highest BCUT2D eigenvalue weighted by molar-refractivity contribution is 9.10. The van der Waals surface area contributed by atoms with E-state index in [9.17, 15) is 5.11 Å². The summed E-state index contributed by atoms with van der Waals surface area (Å²) in [6, 6.07) is 6.09. The number of hydrogen-bond acceptors (Lipinski definition) is 1. The molecule has 0 radical (unpaired) electrons. The zero-order valence-corrected chi connectivity index (χ0v) is 10.1. The van der Waals surface area contributed by atoms with Gasteiger partial charge in [-0.3, -0.25) is 0 Å². The molecule has 14 heavy (non-hydrogen) atoms. The molecule has 1 fully saturated rings. The van der Waals surface area contributed by atoms with Gasteiger partial charge in [-0.05, 0) is 30.4 Å². The number of aliphatic hydroxyl groups is 1. The van der Waals surface area contributed by atoms with Crippen molar-refractivity contribution in [2.75, 3.05) is 0 Å². The van der Waals surface area contributed by atoms with Gasteiger partial charge in [0, 0.05) is 4.47 Å². The summed E-state index contributed by atoms with van der Waals surface area (Å²) < 4.78 is 1.07. The molecule has 1 saturated carbocycles.